The molecule has 4 aliphatic rings. The molecule has 0 saturated heterocycles. The van der Waals surface area contributed by atoms with Crippen molar-refractivity contribution in [3.8, 4) is 0 Å². The molecule has 6 heteroatoms. The van der Waals surface area contributed by atoms with E-state index in [2.05, 4.69) is 20.8 Å². The summed E-state index contributed by atoms with van der Waals surface area (Å²) in [5, 5.41) is 33.1. The van der Waals surface area contributed by atoms with Gasteiger partial charge in [0.1, 0.15) is 22.8 Å². The number of Topliss-reactive ketones (excluding diaryl/α,β-unsaturated/α-hetero) is 2. The maximum Gasteiger partial charge on any atom is 0.330 e. The maximum absolute atomic E-state index is 13.6. The molecule has 0 amide bonds. The number of aliphatic carboxylic acids is 1. The highest BCUT2D eigenvalue weighted by atomic mass is 16.4. The van der Waals surface area contributed by atoms with Crippen LogP contribution in [0.25, 0.3) is 0 Å². The predicted octanol–water partition coefficient (Wildman–Crippen LogP) is 4.87. The van der Waals surface area contributed by atoms with E-state index in [1.54, 1.807) is 13.0 Å². The Balaban J connectivity index is 1.63. The van der Waals surface area contributed by atoms with Gasteiger partial charge in [0.05, 0.1) is 5.92 Å². The molecule has 36 heavy (non-hydrogen) atoms. The predicted molar refractivity (Wildman–Crippen MR) is 137 cm³/mol. The number of carbonyl (C=O) groups excluding carboxylic acids is 2. The highest BCUT2D eigenvalue weighted by molar-refractivity contribution is 5.87. The molecule has 0 aromatic heterocycles. The van der Waals surface area contributed by atoms with E-state index in [4.69, 9.17) is 5.11 Å². The van der Waals surface area contributed by atoms with Gasteiger partial charge in [-0.3, -0.25) is 9.59 Å². The van der Waals surface area contributed by atoms with Crippen LogP contribution in [-0.2, 0) is 14.4 Å². The summed E-state index contributed by atoms with van der Waals surface area (Å²) in [5.41, 5.74) is -2.99. The van der Waals surface area contributed by atoms with Gasteiger partial charge in [-0.05, 0) is 75.7 Å². The van der Waals surface area contributed by atoms with Crippen LogP contribution in [0.5, 0.6) is 0 Å². The number of fused-ring (bicyclic) bond motifs is 5. The number of ketones is 2. The normalized spacial score (nSPS) is 44.4. The fourth-order valence-corrected chi connectivity index (χ4v) is 8.77. The lowest BCUT2D eigenvalue weighted by atomic mass is 9.47. The first-order valence-electron chi connectivity index (χ1n) is 13.6. The Bertz CT molecular complexity index is 1050. The highest BCUT2D eigenvalue weighted by Gasteiger charge is 2.75. The summed E-state index contributed by atoms with van der Waals surface area (Å²) < 4.78 is 0. The highest BCUT2D eigenvalue weighted by Crippen LogP contribution is 2.72. The van der Waals surface area contributed by atoms with E-state index in [1.165, 1.54) is 12.5 Å². The molecule has 8 atom stereocenters. The molecule has 6 nitrogen and oxygen atoms in total. The van der Waals surface area contributed by atoms with Gasteiger partial charge in [0.15, 0.2) is 0 Å². The second kappa shape index (κ2) is 8.36. The average Bonchev–Trinajstić information content (AvgIpc) is 3.12. The zero-order chi connectivity index (χ0) is 27.1. The molecule has 4 rings (SSSR count). The van der Waals surface area contributed by atoms with E-state index >= 15 is 0 Å². The van der Waals surface area contributed by atoms with Crippen molar-refractivity contribution in [3.63, 3.8) is 0 Å². The minimum absolute atomic E-state index is 0.0634. The molecule has 4 aliphatic carbocycles. The van der Waals surface area contributed by atoms with Crippen molar-refractivity contribution in [2.45, 2.75) is 105 Å². The van der Waals surface area contributed by atoms with Gasteiger partial charge in [-0.15, -0.1) is 0 Å². The standard InChI is InChI=1S/C30H44O6/c1-17(9-8-10-18(2)25(33)34)24(32)21-15-28(6)19-11-12-22-26(3,4)23(31)13-14-27(22,5)20(19)16-30(28,36)29(21,7)35/h10,16-17,19,21-22,35-36H,8-9,11-15H2,1-7H3,(H,33,34)/b18-10-/t17-,19+,21-,22-,27+,28-,29+,30-/m0/s1. The number of rotatable bonds is 6. The Morgan fingerprint density at radius 2 is 1.78 bits per heavy atom. The smallest absolute Gasteiger partial charge is 0.330 e. The number of hydrogen-bond acceptors (Lipinski definition) is 5. The van der Waals surface area contributed by atoms with Crippen LogP contribution in [0.4, 0.5) is 0 Å². The molecule has 0 radical (unpaired) electrons. The van der Waals surface area contributed by atoms with Crippen LogP contribution in [0.3, 0.4) is 0 Å². The lowest BCUT2D eigenvalue weighted by Gasteiger charge is -2.56. The molecule has 0 bridgehead atoms. The summed E-state index contributed by atoms with van der Waals surface area (Å²) in [6.07, 6.45) is 7.96. The quantitative estimate of drug-likeness (QED) is 0.354. The van der Waals surface area contributed by atoms with Crippen LogP contribution in [0.1, 0.15) is 93.4 Å². The SMILES string of the molecule is C/C(=C/CC[C@H](C)C(=O)[C@@H]1C[C@@]2(C)[C@@H]3CC[C@H]4C(C)(C)C(=O)CC[C@]4(C)C3=C[C@@]2(O)[C@]1(C)O)C(=O)O. The second-order valence-corrected chi connectivity index (χ2v) is 13.5. The third-order valence-electron chi connectivity index (χ3n) is 11.3. The molecule has 200 valence electrons. The maximum atomic E-state index is 13.6. The molecule has 0 unspecified atom stereocenters. The van der Waals surface area contributed by atoms with E-state index in [0.717, 1.165) is 19.3 Å². The Hall–Kier alpha value is -1.79. The first kappa shape index (κ1) is 27.3. The van der Waals surface area contributed by atoms with E-state index in [0.29, 0.717) is 31.5 Å². The van der Waals surface area contributed by atoms with Crippen molar-refractivity contribution in [2.75, 3.05) is 0 Å². The topological polar surface area (TPSA) is 112 Å². The van der Waals surface area contributed by atoms with E-state index in [-0.39, 0.29) is 34.5 Å². The number of aliphatic hydroxyl groups is 2. The summed E-state index contributed by atoms with van der Waals surface area (Å²) >= 11 is 0. The first-order valence-corrected chi connectivity index (χ1v) is 13.6. The van der Waals surface area contributed by atoms with Gasteiger partial charge in [0, 0.05) is 28.7 Å². The fourth-order valence-electron chi connectivity index (χ4n) is 8.77. The summed E-state index contributed by atoms with van der Waals surface area (Å²) in [4.78, 5) is 37.4. The van der Waals surface area contributed by atoms with E-state index in [1.807, 2.05) is 19.9 Å². The summed E-state index contributed by atoms with van der Waals surface area (Å²) in [7, 11) is 0. The molecule has 3 N–H and O–H groups in total. The van der Waals surface area contributed by atoms with Gasteiger partial charge < -0.3 is 15.3 Å². The monoisotopic (exact) mass is 500 g/mol. The molecular weight excluding hydrogens is 456 g/mol. The van der Waals surface area contributed by atoms with Crippen molar-refractivity contribution in [3.05, 3.63) is 23.3 Å². The lowest BCUT2D eigenvalue weighted by Crippen LogP contribution is -2.57. The molecule has 3 saturated carbocycles. The third-order valence-corrected chi connectivity index (χ3v) is 11.3. The van der Waals surface area contributed by atoms with Gasteiger partial charge in [0.25, 0.3) is 0 Å². The van der Waals surface area contributed by atoms with Crippen LogP contribution in [0.2, 0.25) is 0 Å². The van der Waals surface area contributed by atoms with Gasteiger partial charge in [-0.25, -0.2) is 4.79 Å². The number of carboxylic acids is 1. The summed E-state index contributed by atoms with van der Waals surface area (Å²) in [5.74, 6) is -1.51. The number of carbonyl (C=O) groups is 3. The van der Waals surface area contributed by atoms with Crippen molar-refractivity contribution >= 4 is 17.5 Å². The van der Waals surface area contributed by atoms with E-state index in [9.17, 15) is 24.6 Å². The molecule has 0 spiro atoms. The van der Waals surface area contributed by atoms with Crippen LogP contribution in [-0.4, -0.2) is 44.1 Å². The van der Waals surface area contributed by atoms with Gasteiger partial charge in [-0.2, -0.15) is 0 Å². The molecule has 0 heterocycles. The fraction of sp³-hybridized carbons (Fsp3) is 0.767. The Kier molecular flexibility index (Phi) is 6.33. The Morgan fingerprint density at radius 3 is 2.39 bits per heavy atom. The number of allylic oxidation sites excluding steroid dienone is 2. The Morgan fingerprint density at radius 1 is 1.14 bits per heavy atom. The largest absolute Gasteiger partial charge is 0.478 e. The van der Waals surface area contributed by atoms with Gasteiger partial charge in [0.2, 0.25) is 0 Å². The Labute approximate surface area is 215 Å². The molecule has 3 fully saturated rings. The summed E-state index contributed by atoms with van der Waals surface area (Å²) in [6.45, 7) is 13.4. The summed E-state index contributed by atoms with van der Waals surface area (Å²) in [6, 6.07) is 0. The first-order chi connectivity index (χ1) is 16.4. The second-order valence-electron chi connectivity index (χ2n) is 13.5. The van der Waals surface area contributed by atoms with Crippen LogP contribution >= 0.6 is 0 Å². The van der Waals surface area contributed by atoms with Crippen LogP contribution in [0.15, 0.2) is 23.3 Å². The minimum Gasteiger partial charge on any atom is -0.478 e. The van der Waals surface area contributed by atoms with Crippen LogP contribution in [0, 0.1) is 39.9 Å². The van der Waals surface area contributed by atoms with Crippen molar-refractivity contribution in [1.29, 1.82) is 0 Å². The number of carboxylic acid groups (broad SMARTS) is 1. The minimum atomic E-state index is -1.61. The van der Waals surface area contributed by atoms with Crippen molar-refractivity contribution in [1.82, 2.24) is 0 Å². The molecule has 0 aromatic carbocycles. The van der Waals surface area contributed by atoms with Crippen molar-refractivity contribution in [2.24, 2.45) is 39.9 Å². The van der Waals surface area contributed by atoms with E-state index < -0.39 is 33.9 Å². The molecular formula is C30H44O6. The lowest BCUT2D eigenvalue weighted by molar-refractivity contribution is -0.160. The molecule has 0 aliphatic heterocycles. The molecule has 0 aromatic rings. The third kappa shape index (κ3) is 3.46. The average molecular weight is 501 g/mol. The van der Waals surface area contributed by atoms with Gasteiger partial charge in [-0.1, -0.05) is 46.3 Å². The zero-order valence-corrected chi connectivity index (χ0v) is 23.0. The van der Waals surface area contributed by atoms with Crippen molar-refractivity contribution < 1.29 is 29.7 Å². The number of hydrogen-bond donors (Lipinski definition) is 3. The zero-order valence-electron chi connectivity index (χ0n) is 23.0. The van der Waals surface area contributed by atoms with Gasteiger partial charge >= 0.3 is 5.97 Å². The van der Waals surface area contributed by atoms with Crippen LogP contribution < -0.4 is 0 Å².